The molecule has 1 fully saturated rings. The van der Waals surface area contributed by atoms with Gasteiger partial charge in [0, 0.05) is 30.6 Å². The van der Waals surface area contributed by atoms with Crippen molar-refractivity contribution in [2.75, 3.05) is 23.3 Å². The van der Waals surface area contributed by atoms with Crippen molar-refractivity contribution in [2.24, 2.45) is 0 Å². The minimum Gasteiger partial charge on any atom is -0.368 e. The van der Waals surface area contributed by atoms with Crippen LogP contribution in [0.5, 0.6) is 0 Å². The van der Waals surface area contributed by atoms with Gasteiger partial charge in [-0.3, -0.25) is 4.79 Å². The number of alkyl halides is 3. The number of hydrogen-bond donors (Lipinski definition) is 1. The molecule has 1 aromatic carbocycles. The lowest BCUT2D eigenvalue weighted by molar-refractivity contribution is -0.185. The second-order valence-corrected chi connectivity index (χ2v) is 8.75. The Morgan fingerprint density at radius 3 is 2.61 bits per heavy atom. The van der Waals surface area contributed by atoms with Crippen LogP contribution in [0.1, 0.15) is 53.4 Å². The Morgan fingerprint density at radius 2 is 1.91 bits per heavy atom. The number of aryl methyl sites for hydroxylation is 1. The molecule has 2 aromatic heterocycles. The van der Waals surface area contributed by atoms with Crippen LogP contribution in [0.4, 0.5) is 24.7 Å². The summed E-state index contributed by atoms with van der Waals surface area (Å²) >= 11 is 0. The summed E-state index contributed by atoms with van der Waals surface area (Å²) in [5, 5.41) is 6.13. The zero-order valence-corrected chi connectivity index (χ0v) is 18.5. The van der Waals surface area contributed by atoms with Gasteiger partial charge >= 0.3 is 6.18 Å². The van der Waals surface area contributed by atoms with E-state index in [0.29, 0.717) is 5.56 Å². The van der Waals surface area contributed by atoms with Gasteiger partial charge in [0.15, 0.2) is 11.6 Å². The molecule has 3 heterocycles. The van der Waals surface area contributed by atoms with Crippen LogP contribution in [0.2, 0.25) is 0 Å². The lowest BCUT2D eigenvalue weighted by Gasteiger charge is -2.24. The number of aromatic nitrogens is 3. The van der Waals surface area contributed by atoms with E-state index in [-0.39, 0.29) is 17.5 Å². The molecular weight excluding hydrogens is 435 g/mol. The fourth-order valence-corrected chi connectivity index (χ4v) is 3.88. The summed E-state index contributed by atoms with van der Waals surface area (Å²) < 4.78 is 44.6. The van der Waals surface area contributed by atoms with Crippen LogP contribution in [0.3, 0.4) is 0 Å². The first-order valence-electron chi connectivity index (χ1n) is 10.5. The molecular formula is C23H24F3N5O2. The Bertz CT molecular complexity index is 1140. The first kappa shape index (κ1) is 22.8. The third-order valence-corrected chi connectivity index (χ3v) is 6.16. The third-order valence-electron chi connectivity index (χ3n) is 6.16. The van der Waals surface area contributed by atoms with Crippen LogP contribution in [0.25, 0.3) is 0 Å². The molecule has 0 bridgehead atoms. The van der Waals surface area contributed by atoms with Gasteiger partial charge in [0.1, 0.15) is 11.7 Å². The number of rotatable bonds is 5. The second kappa shape index (κ2) is 8.49. The molecule has 7 nitrogen and oxygen atoms in total. The molecule has 0 saturated carbocycles. The molecule has 0 unspecified atom stereocenters. The minimum atomic E-state index is -4.51. The maximum atomic E-state index is 13.2. The van der Waals surface area contributed by atoms with Gasteiger partial charge in [-0.05, 0) is 50.5 Å². The highest BCUT2D eigenvalue weighted by Gasteiger charge is 2.51. The lowest BCUT2D eigenvalue weighted by Crippen LogP contribution is -2.35. The van der Waals surface area contributed by atoms with Crippen molar-refractivity contribution >= 4 is 17.4 Å². The van der Waals surface area contributed by atoms with E-state index in [2.05, 4.69) is 25.3 Å². The summed E-state index contributed by atoms with van der Waals surface area (Å²) in [4.78, 5) is 23.1. The second-order valence-electron chi connectivity index (χ2n) is 8.75. The molecule has 1 N–H and O–H groups in total. The smallest absolute Gasteiger partial charge is 0.368 e. The molecule has 1 aliphatic heterocycles. The van der Waals surface area contributed by atoms with E-state index in [1.54, 1.807) is 18.5 Å². The Labute approximate surface area is 189 Å². The Balaban J connectivity index is 1.49. The zero-order valence-electron chi connectivity index (χ0n) is 18.5. The van der Waals surface area contributed by atoms with Crippen molar-refractivity contribution in [1.82, 2.24) is 15.1 Å². The molecule has 33 heavy (non-hydrogen) atoms. The molecule has 174 valence electrons. The fraction of sp³-hybridized carbons (Fsp3) is 0.391. The van der Waals surface area contributed by atoms with Gasteiger partial charge in [0.25, 0.3) is 5.91 Å². The number of halogens is 3. The monoisotopic (exact) mass is 459 g/mol. The number of carbonyl (C=O) groups is 1. The third kappa shape index (κ3) is 4.55. The quantitative estimate of drug-likeness (QED) is 0.587. The van der Waals surface area contributed by atoms with E-state index in [4.69, 9.17) is 4.52 Å². The van der Waals surface area contributed by atoms with Crippen molar-refractivity contribution < 1.29 is 22.5 Å². The normalized spacial score (nSPS) is 16.8. The zero-order chi connectivity index (χ0) is 23.8. The number of anilines is 2. The first-order valence-corrected chi connectivity index (χ1v) is 10.5. The maximum absolute atomic E-state index is 13.2. The number of hydrogen-bond acceptors (Lipinski definition) is 6. The lowest BCUT2D eigenvalue weighted by atomic mass is 9.89. The molecule has 4 rings (SSSR count). The van der Waals surface area contributed by atoms with Gasteiger partial charge in [-0.25, -0.2) is 9.97 Å². The van der Waals surface area contributed by atoms with Crippen LogP contribution in [0, 0.1) is 6.92 Å². The number of amides is 1. The highest BCUT2D eigenvalue weighted by molar-refractivity contribution is 6.04. The van der Waals surface area contributed by atoms with Crippen molar-refractivity contribution in [1.29, 1.82) is 0 Å². The summed E-state index contributed by atoms with van der Waals surface area (Å²) in [6, 6.07) is 6.50. The number of carbonyl (C=O) groups excluding carboxylic acids is 1. The van der Waals surface area contributed by atoms with Crippen LogP contribution in [-0.4, -0.2) is 40.3 Å². The SMILES string of the molecule is Cc1ccc(C(=O)Nc2cc(C(C)(C)C(F)(F)F)on2)cc1[C@@H]1CCN(c2cncnc2)C1. The van der Waals surface area contributed by atoms with Crippen LogP contribution in [-0.2, 0) is 5.41 Å². The van der Waals surface area contributed by atoms with Gasteiger partial charge in [-0.2, -0.15) is 13.2 Å². The predicted octanol–water partition coefficient (Wildman–Crippen LogP) is 4.86. The van der Waals surface area contributed by atoms with Gasteiger partial charge in [-0.15, -0.1) is 0 Å². The molecule has 1 saturated heterocycles. The highest BCUT2D eigenvalue weighted by atomic mass is 19.4. The Hall–Kier alpha value is -3.43. The van der Waals surface area contributed by atoms with Crippen LogP contribution >= 0.6 is 0 Å². The van der Waals surface area contributed by atoms with Gasteiger partial charge in [0.05, 0.1) is 18.1 Å². The molecule has 0 radical (unpaired) electrons. The topological polar surface area (TPSA) is 84.2 Å². The van der Waals surface area contributed by atoms with E-state index < -0.39 is 17.5 Å². The summed E-state index contributed by atoms with van der Waals surface area (Å²) in [7, 11) is 0. The van der Waals surface area contributed by atoms with Gasteiger partial charge in [0.2, 0.25) is 0 Å². The molecule has 1 atom stereocenters. The van der Waals surface area contributed by atoms with Crippen LogP contribution in [0.15, 0.2) is 47.5 Å². The van der Waals surface area contributed by atoms with Crippen molar-refractivity contribution in [3.05, 3.63) is 65.4 Å². The molecule has 10 heteroatoms. The summed E-state index contributed by atoms with van der Waals surface area (Å²) in [5.74, 6) is -0.673. The van der Waals surface area contributed by atoms with E-state index in [1.807, 2.05) is 19.1 Å². The summed E-state index contributed by atoms with van der Waals surface area (Å²) in [6.07, 6.45) is 1.45. The van der Waals surface area contributed by atoms with Crippen molar-refractivity contribution in [3.63, 3.8) is 0 Å². The van der Waals surface area contributed by atoms with Crippen molar-refractivity contribution in [3.8, 4) is 0 Å². The Kier molecular flexibility index (Phi) is 5.85. The molecule has 0 aliphatic carbocycles. The summed E-state index contributed by atoms with van der Waals surface area (Å²) in [6.45, 7) is 5.62. The molecule has 3 aromatic rings. The number of benzene rings is 1. The standard InChI is InChI=1S/C23H24F3N5O2/c1-14-4-5-15(8-18(14)16-6-7-31(12-16)17-10-27-13-28-11-17)21(32)29-20-9-19(33-30-20)22(2,3)23(24,25)26/h4-5,8-11,13,16H,6-7,12H2,1-3H3,(H,29,30,32)/t16-/m1/s1. The van der Waals surface area contributed by atoms with Gasteiger partial charge < -0.3 is 14.7 Å². The van der Waals surface area contributed by atoms with Crippen LogP contribution < -0.4 is 10.2 Å². The van der Waals surface area contributed by atoms with Crippen molar-refractivity contribution in [2.45, 2.75) is 44.7 Å². The number of nitrogens with zero attached hydrogens (tertiary/aromatic N) is 4. The maximum Gasteiger partial charge on any atom is 0.401 e. The van der Waals surface area contributed by atoms with E-state index in [9.17, 15) is 18.0 Å². The average molecular weight is 459 g/mol. The summed E-state index contributed by atoms with van der Waals surface area (Å²) in [5.41, 5.74) is 1.25. The average Bonchev–Trinajstić information content (AvgIpc) is 3.44. The molecule has 1 aliphatic rings. The Morgan fingerprint density at radius 1 is 1.18 bits per heavy atom. The van der Waals surface area contributed by atoms with Gasteiger partial charge in [-0.1, -0.05) is 11.2 Å². The molecule has 1 amide bonds. The molecule has 0 spiro atoms. The largest absolute Gasteiger partial charge is 0.401 e. The predicted molar refractivity (Wildman–Crippen MR) is 116 cm³/mol. The first-order chi connectivity index (χ1) is 15.6. The number of nitrogens with one attached hydrogen (secondary N) is 1. The van der Waals surface area contributed by atoms with E-state index >= 15 is 0 Å². The van der Waals surface area contributed by atoms with E-state index in [0.717, 1.165) is 56.2 Å². The van der Waals surface area contributed by atoms with E-state index in [1.165, 1.54) is 6.33 Å². The minimum absolute atomic E-state index is 0.0643. The highest BCUT2D eigenvalue weighted by Crippen LogP contribution is 2.41. The fourth-order valence-electron chi connectivity index (χ4n) is 3.88.